The van der Waals surface area contributed by atoms with E-state index in [1.165, 1.54) is 5.57 Å². The molecule has 0 bridgehead atoms. The second-order valence-electron chi connectivity index (χ2n) is 4.71. The maximum Gasteiger partial charge on any atom is 0.133 e. The summed E-state index contributed by atoms with van der Waals surface area (Å²) in [5, 5.41) is 0. The van der Waals surface area contributed by atoms with Gasteiger partial charge >= 0.3 is 0 Å². The van der Waals surface area contributed by atoms with Crippen LogP contribution in [0.2, 0.25) is 0 Å². The molecule has 1 aliphatic rings. The molecule has 1 fully saturated rings. The monoisotopic (exact) mass is 306 g/mol. The van der Waals surface area contributed by atoms with Crippen molar-refractivity contribution in [2.75, 3.05) is 4.43 Å². The van der Waals surface area contributed by atoms with Crippen molar-refractivity contribution in [2.24, 2.45) is 11.3 Å². The second-order valence-corrected chi connectivity index (χ2v) is 5.59. The van der Waals surface area contributed by atoms with E-state index in [0.29, 0.717) is 18.1 Å². The molecule has 0 heterocycles. The van der Waals surface area contributed by atoms with Crippen molar-refractivity contribution >= 4 is 28.4 Å². The van der Waals surface area contributed by atoms with Gasteiger partial charge in [-0.05, 0) is 24.2 Å². The molecule has 0 N–H and O–H groups in total. The van der Waals surface area contributed by atoms with E-state index in [1.54, 1.807) is 0 Å². The van der Waals surface area contributed by atoms with Gasteiger partial charge in [-0.15, -0.1) is 0 Å². The average molecular weight is 306 g/mol. The molecular weight excluding hydrogens is 287 g/mol. The summed E-state index contributed by atoms with van der Waals surface area (Å²) in [5.74, 6) is 0.951. The van der Waals surface area contributed by atoms with Gasteiger partial charge in [-0.25, -0.2) is 0 Å². The summed E-state index contributed by atoms with van der Waals surface area (Å²) < 4.78 is 1.10. The molecule has 0 aromatic rings. The van der Waals surface area contributed by atoms with Gasteiger partial charge in [0.25, 0.3) is 0 Å². The minimum absolute atomic E-state index is 0.0833. The van der Waals surface area contributed by atoms with Crippen LogP contribution in [-0.2, 0) is 4.79 Å². The van der Waals surface area contributed by atoms with E-state index in [4.69, 9.17) is 0 Å². The normalized spacial score (nSPS) is 30.1. The van der Waals surface area contributed by atoms with E-state index in [9.17, 15) is 4.79 Å². The molecule has 0 aliphatic heterocycles. The van der Waals surface area contributed by atoms with Crippen molar-refractivity contribution in [1.29, 1.82) is 0 Å². The highest BCUT2D eigenvalue weighted by Crippen LogP contribution is 2.43. The minimum atomic E-state index is 0.0833. The van der Waals surface area contributed by atoms with Crippen LogP contribution in [0.5, 0.6) is 0 Å². The van der Waals surface area contributed by atoms with Crippen LogP contribution in [0.1, 0.15) is 39.5 Å². The fourth-order valence-corrected chi connectivity index (χ4v) is 2.78. The third-order valence-corrected chi connectivity index (χ3v) is 4.69. The Morgan fingerprint density at radius 2 is 2.36 bits per heavy atom. The summed E-state index contributed by atoms with van der Waals surface area (Å²) in [6.45, 7) is 8.61. The number of carbonyl (C=O) groups excluding carboxylic acids is 1. The lowest BCUT2D eigenvalue weighted by molar-refractivity contribution is -0.122. The van der Waals surface area contributed by atoms with Gasteiger partial charge in [-0.2, -0.15) is 0 Å². The zero-order valence-electron chi connectivity index (χ0n) is 9.11. The van der Waals surface area contributed by atoms with Crippen molar-refractivity contribution in [3.8, 4) is 0 Å². The molecule has 2 unspecified atom stereocenters. The smallest absolute Gasteiger partial charge is 0.133 e. The summed E-state index contributed by atoms with van der Waals surface area (Å²) in [5.41, 5.74) is 1.36. The molecule has 0 aromatic carbocycles. The molecule has 14 heavy (non-hydrogen) atoms. The maximum atomic E-state index is 11.5. The Balaban J connectivity index is 2.72. The SMILES string of the molecule is C=C(C(C)CI)C1(C)CCCC(=O)C1. The quantitative estimate of drug-likeness (QED) is 0.441. The maximum absolute atomic E-state index is 11.5. The van der Waals surface area contributed by atoms with Gasteiger partial charge in [0, 0.05) is 17.3 Å². The minimum Gasteiger partial charge on any atom is -0.300 e. The first kappa shape index (κ1) is 12.2. The van der Waals surface area contributed by atoms with Crippen molar-refractivity contribution in [3.05, 3.63) is 12.2 Å². The summed E-state index contributed by atoms with van der Waals surface area (Å²) in [4.78, 5) is 11.5. The second kappa shape index (κ2) is 4.77. The Bertz CT molecular complexity index is 247. The van der Waals surface area contributed by atoms with Crippen LogP contribution in [0.15, 0.2) is 12.2 Å². The van der Waals surface area contributed by atoms with Crippen molar-refractivity contribution in [1.82, 2.24) is 0 Å². The number of carbonyl (C=O) groups is 1. The lowest BCUT2D eigenvalue weighted by Crippen LogP contribution is -2.30. The van der Waals surface area contributed by atoms with Crippen molar-refractivity contribution < 1.29 is 4.79 Å². The van der Waals surface area contributed by atoms with E-state index >= 15 is 0 Å². The molecule has 0 spiro atoms. The molecule has 1 rings (SSSR count). The van der Waals surface area contributed by atoms with Crippen LogP contribution in [0.3, 0.4) is 0 Å². The number of halogens is 1. The summed E-state index contributed by atoms with van der Waals surface area (Å²) in [6.07, 6.45) is 3.68. The van der Waals surface area contributed by atoms with Crippen LogP contribution in [0, 0.1) is 11.3 Å². The number of ketones is 1. The van der Waals surface area contributed by atoms with Crippen LogP contribution < -0.4 is 0 Å². The third kappa shape index (κ3) is 2.59. The average Bonchev–Trinajstić information content (AvgIpc) is 2.15. The Morgan fingerprint density at radius 1 is 1.71 bits per heavy atom. The van der Waals surface area contributed by atoms with E-state index in [-0.39, 0.29) is 5.41 Å². The zero-order chi connectivity index (χ0) is 10.8. The fourth-order valence-electron chi connectivity index (χ4n) is 2.25. The van der Waals surface area contributed by atoms with Gasteiger partial charge in [0.2, 0.25) is 0 Å². The molecule has 2 heteroatoms. The highest BCUT2D eigenvalue weighted by molar-refractivity contribution is 14.1. The lowest BCUT2D eigenvalue weighted by atomic mass is 9.68. The molecule has 0 aromatic heterocycles. The molecule has 80 valence electrons. The van der Waals surface area contributed by atoms with Gasteiger partial charge in [-0.1, -0.05) is 48.6 Å². The Labute approximate surface area is 100 Å². The van der Waals surface area contributed by atoms with Crippen LogP contribution in [0.25, 0.3) is 0 Å². The van der Waals surface area contributed by atoms with Gasteiger partial charge < -0.3 is 0 Å². The number of hydrogen-bond acceptors (Lipinski definition) is 1. The summed E-state index contributed by atoms with van der Waals surface area (Å²) in [7, 11) is 0. The largest absolute Gasteiger partial charge is 0.300 e. The Hall–Kier alpha value is 0.140. The van der Waals surface area contributed by atoms with Gasteiger partial charge in [0.1, 0.15) is 5.78 Å². The Morgan fingerprint density at radius 3 is 2.86 bits per heavy atom. The van der Waals surface area contributed by atoms with Gasteiger partial charge in [0.15, 0.2) is 0 Å². The molecule has 0 amide bonds. The number of alkyl halides is 1. The Kier molecular flexibility index (Phi) is 4.16. The topological polar surface area (TPSA) is 17.1 Å². The number of allylic oxidation sites excluding steroid dienone is 1. The summed E-state index contributed by atoms with van der Waals surface area (Å²) in [6, 6.07) is 0. The number of rotatable bonds is 3. The molecule has 0 saturated heterocycles. The first-order valence-corrected chi connectivity index (χ1v) is 6.79. The predicted octanol–water partition coefficient (Wildman–Crippen LogP) is 3.76. The standard InChI is InChI=1S/C12H19IO/c1-9(8-13)10(2)12(3)6-4-5-11(14)7-12/h9H,2,4-8H2,1,3H3. The molecule has 0 radical (unpaired) electrons. The van der Waals surface area contributed by atoms with E-state index in [2.05, 4.69) is 43.0 Å². The first-order chi connectivity index (χ1) is 6.49. The van der Waals surface area contributed by atoms with Crippen molar-refractivity contribution in [3.63, 3.8) is 0 Å². The van der Waals surface area contributed by atoms with Crippen LogP contribution >= 0.6 is 22.6 Å². The fraction of sp³-hybridized carbons (Fsp3) is 0.750. The lowest BCUT2D eigenvalue weighted by Gasteiger charge is -2.37. The van der Waals surface area contributed by atoms with E-state index in [1.807, 2.05) is 0 Å². The number of Topliss-reactive ketones (excluding diaryl/α,β-unsaturated/α-hetero) is 1. The third-order valence-electron chi connectivity index (χ3n) is 3.37. The predicted molar refractivity (Wildman–Crippen MR) is 68.8 cm³/mol. The molecule has 2 atom stereocenters. The van der Waals surface area contributed by atoms with E-state index < -0.39 is 0 Å². The van der Waals surface area contributed by atoms with Crippen LogP contribution in [0.4, 0.5) is 0 Å². The highest BCUT2D eigenvalue weighted by Gasteiger charge is 2.35. The molecule has 1 saturated carbocycles. The zero-order valence-corrected chi connectivity index (χ0v) is 11.3. The van der Waals surface area contributed by atoms with Gasteiger partial charge in [-0.3, -0.25) is 4.79 Å². The molecule has 1 aliphatic carbocycles. The van der Waals surface area contributed by atoms with Crippen LogP contribution in [-0.4, -0.2) is 10.2 Å². The first-order valence-electron chi connectivity index (χ1n) is 5.26. The summed E-state index contributed by atoms with van der Waals surface area (Å²) >= 11 is 2.39. The van der Waals surface area contributed by atoms with E-state index in [0.717, 1.165) is 23.7 Å². The van der Waals surface area contributed by atoms with Gasteiger partial charge in [0.05, 0.1) is 0 Å². The highest BCUT2D eigenvalue weighted by atomic mass is 127. The van der Waals surface area contributed by atoms with Crippen molar-refractivity contribution in [2.45, 2.75) is 39.5 Å². The number of hydrogen-bond donors (Lipinski definition) is 0. The molecular formula is C12H19IO. The molecule has 1 nitrogen and oxygen atoms in total.